The Morgan fingerprint density at radius 3 is 2.56 bits per heavy atom. The fourth-order valence-electron chi connectivity index (χ4n) is 22.0. The zero-order valence-electron chi connectivity index (χ0n) is 50.0. The third kappa shape index (κ3) is 8.32. The zero-order valence-corrected chi connectivity index (χ0v) is 51.6. The summed E-state index contributed by atoms with van der Waals surface area (Å²) in [6, 6.07) is 5.33. The van der Waals surface area contributed by atoms with Crippen LogP contribution in [0.25, 0.3) is 0 Å². The number of rotatable bonds is 9. The van der Waals surface area contributed by atoms with Crippen LogP contribution in [-0.2, 0) is 25.5 Å². The molecule has 6 aliphatic heterocycles. The summed E-state index contributed by atoms with van der Waals surface area (Å²) in [4.78, 5) is 34.5. The standard InChI is InChI=1S/C67H94N2O13S2/c1-38(2)39(3)54-56(82-54)65(79)19-8-14-43-26-49-50-28-52(73)64(31-53(74)62(78,37-71)35-59(49,64)4)58(77)84-83-34-45-13-7-12-44(33-70)67(45)57(76)69(46-24-41(25-47(72)27-46)16-21-63(43)51(65)17-22-66(50,63)80)36-61(67)30-42-11-6-10-40-15-20-60(29-40,18-9-23-81-5)68-32-48(42)55(61)75/h8,14,24-25,27-28,38-40,42-45,48-49,51,53-56,58,68,70-72,74-75,77-80H,7,9-10,12-13,15-23,26,29-37H2,1-5H3/t39-,40+,42+,43-,44+,45-,48+,49+,51+,53-,54+,55+,56-,58+,59-,60-,61+,62-,63-,64+,65-,66-,67+/m1/s1. The minimum Gasteiger partial charge on any atom is -0.508 e. The van der Waals surface area contributed by atoms with Gasteiger partial charge < -0.3 is 65.6 Å². The van der Waals surface area contributed by atoms with E-state index >= 15 is 9.59 Å². The lowest BCUT2D eigenvalue weighted by Gasteiger charge is -2.68. The molecule has 6 heterocycles. The van der Waals surface area contributed by atoms with Gasteiger partial charge in [0.1, 0.15) is 28.5 Å². The number of benzene rings is 1. The summed E-state index contributed by atoms with van der Waals surface area (Å²) in [5.74, 6) is 4.57. The van der Waals surface area contributed by atoms with Gasteiger partial charge in [-0.15, -0.1) is 5.92 Å². The van der Waals surface area contributed by atoms with Gasteiger partial charge in [-0.1, -0.05) is 73.8 Å². The van der Waals surface area contributed by atoms with Gasteiger partial charge >= 0.3 is 0 Å². The molecule has 0 radical (unpaired) electrons. The Kier molecular flexibility index (Phi) is 15.3. The largest absolute Gasteiger partial charge is 0.508 e. The molecular weight excluding hydrogens is 1100 g/mol. The summed E-state index contributed by atoms with van der Waals surface area (Å²) < 4.78 is 12.1. The summed E-state index contributed by atoms with van der Waals surface area (Å²) >= 11 is 0. The van der Waals surface area contributed by atoms with Crippen molar-refractivity contribution in [2.24, 2.45) is 86.3 Å². The third-order valence-electron chi connectivity index (χ3n) is 26.4. The predicted molar refractivity (Wildman–Crippen MR) is 321 cm³/mol. The number of aliphatic hydroxyl groups excluding tert-OH is 5. The number of phenols is 1. The minimum absolute atomic E-state index is 0.0460. The molecule has 0 unspecified atom stereocenters. The quantitative estimate of drug-likeness (QED) is 0.0410. The number of fused-ring (bicyclic) bond motifs is 4. The van der Waals surface area contributed by atoms with Crippen molar-refractivity contribution in [3.8, 4) is 17.6 Å². The van der Waals surface area contributed by atoms with Crippen LogP contribution in [0.1, 0.15) is 142 Å². The van der Waals surface area contributed by atoms with Gasteiger partial charge in [-0.2, -0.15) is 0 Å². The number of epoxide rings is 1. The Balaban J connectivity index is 0.975. The number of aromatic hydroxyl groups is 1. The molecule has 462 valence electrons. The van der Waals surface area contributed by atoms with Crippen LogP contribution in [0, 0.1) is 98.1 Å². The minimum atomic E-state index is -2.04. The molecule has 17 heteroatoms. The Morgan fingerprint density at radius 2 is 1.80 bits per heavy atom. The number of ether oxygens (including phenoxy) is 2. The van der Waals surface area contributed by atoms with E-state index in [0.29, 0.717) is 93.0 Å². The lowest BCUT2D eigenvalue weighted by atomic mass is 9.38. The molecule has 1 amide bonds. The Hall–Kier alpha value is -2.54. The average Bonchev–Trinajstić information content (AvgIpc) is 1.26. The number of hydrogen-bond donors (Lipinski definition) is 10. The van der Waals surface area contributed by atoms with E-state index in [1.165, 1.54) is 10.8 Å². The van der Waals surface area contributed by atoms with E-state index in [1.54, 1.807) is 30.2 Å². The number of nitrogens with one attached hydrogen (secondary N) is 1. The number of aliphatic hydroxyl groups is 8. The van der Waals surface area contributed by atoms with Gasteiger partial charge in [-0.25, -0.2) is 0 Å². The molecule has 15 rings (SSSR count). The molecular formula is C67H94N2O13S2. The molecule has 23 atom stereocenters. The molecule has 14 aliphatic rings. The Bertz CT molecular complexity index is 2900. The highest BCUT2D eigenvalue weighted by Gasteiger charge is 2.80. The molecule has 15 nitrogen and oxygen atoms in total. The van der Waals surface area contributed by atoms with Crippen LogP contribution in [0.4, 0.5) is 5.69 Å². The van der Waals surface area contributed by atoms with Crippen LogP contribution in [0.2, 0.25) is 0 Å². The van der Waals surface area contributed by atoms with Crippen molar-refractivity contribution in [2.75, 3.05) is 50.7 Å². The van der Waals surface area contributed by atoms with Crippen molar-refractivity contribution in [1.29, 1.82) is 0 Å². The third-order valence-corrected chi connectivity index (χ3v) is 29.0. The van der Waals surface area contributed by atoms with Crippen LogP contribution in [-0.4, -0.2) is 156 Å². The molecule has 10 bridgehead atoms. The van der Waals surface area contributed by atoms with Crippen LogP contribution >= 0.6 is 21.6 Å². The Morgan fingerprint density at radius 1 is 0.988 bits per heavy atom. The van der Waals surface area contributed by atoms with Crippen molar-refractivity contribution in [1.82, 2.24) is 5.32 Å². The number of allylic oxidation sites excluding steroid dienone is 2. The number of methoxy groups -OCH3 is 1. The monoisotopic (exact) mass is 1200 g/mol. The van der Waals surface area contributed by atoms with Gasteiger partial charge in [0.2, 0.25) is 5.91 Å². The lowest BCUT2D eigenvalue weighted by molar-refractivity contribution is -0.235. The molecule has 8 aliphatic carbocycles. The van der Waals surface area contributed by atoms with E-state index < -0.39 is 110 Å². The maximum absolute atomic E-state index is 16.7. The first kappa shape index (κ1) is 60.4. The van der Waals surface area contributed by atoms with Crippen molar-refractivity contribution in [3.63, 3.8) is 0 Å². The lowest BCUT2D eigenvalue weighted by Crippen LogP contribution is -2.72. The van der Waals surface area contributed by atoms with Crippen molar-refractivity contribution < 1.29 is 65.0 Å². The highest BCUT2D eigenvalue weighted by molar-refractivity contribution is 8.76. The van der Waals surface area contributed by atoms with Crippen molar-refractivity contribution in [2.45, 2.75) is 195 Å². The van der Waals surface area contributed by atoms with E-state index in [2.05, 4.69) is 44.0 Å². The van der Waals surface area contributed by atoms with E-state index in [4.69, 9.17) is 9.47 Å². The van der Waals surface area contributed by atoms with Gasteiger partial charge in [0.15, 0.2) is 5.78 Å². The highest BCUT2D eigenvalue weighted by atomic mass is 33.1. The van der Waals surface area contributed by atoms with Gasteiger partial charge in [-0.3, -0.25) is 9.59 Å². The fraction of sp³-hybridized carbons (Fsp3) is 0.791. The number of amides is 1. The number of anilines is 1. The van der Waals surface area contributed by atoms with Gasteiger partial charge in [0.25, 0.3) is 0 Å². The second kappa shape index (κ2) is 21.3. The molecule has 1 aromatic rings. The summed E-state index contributed by atoms with van der Waals surface area (Å²) in [5.41, 5.74) is -11.7. The molecule has 10 N–H and O–H groups in total. The SMILES string of the molecule is COCCC[C@]12CC[C@H](CC#C[C@H]3C[C@]4(CN5C(=O)[C@@]46[C@H](CO)CCC[C@@H]6CSS[C@H](O)[C@@]46C[C@@H](O)[C@](O)(CO)C[C@]4(C)[C@H]4C[C@H]7C=CC[C@](O)([C@@H]8O[C@H]8[C@H](C)C(C)C)[C@H]8CC[C@@](O)(C4=CC6=O)[C@]78CCc4cc(O)cc5c4)[C@@H](O)[C@H]3CN1)C2. The molecule has 6 saturated carbocycles. The number of carbonyl (C=O) groups excluding carboxylic acids is 2. The molecule has 4 spiro atoms. The smallest absolute Gasteiger partial charge is 0.234 e. The van der Waals surface area contributed by atoms with Crippen LogP contribution in [0.5, 0.6) is 5.75 Å². The second-order valence-electron chi connectivity index (χ2n) is 30.0. The molecule has 0 aromatic heterocycles. The predicted octanol–water partition coefficient (Wildman–Crippen LogP) is 6.62. The number of phenolic OH excluding ortho intramolecular Hbond substituents is 1. The topological polar surface area (TPSA) is 253 Å². The summed E-state index contributed by atoms with van der Waals surface area (Å²) in [6.07, 6.45) is 11.6. The summed E-state index contributed by atoms with van der Waals surface area (Å²) in [6.45, 7) is 8.55. The molecule has 1 aromatic carbocycles. The van der Waals surface area contributed by atoms with E-state index in [1.807, 2.05) is 19.1 Å². The first-order chi connectivity index (χ1) is 40.0. The maximum Gasteiger partial charge on any atom is 0.234 e. The van der Waals surface area contributed by atoms with Crippen molar-refractivity contribution in [3.05, 3.63) is 47.6 Å². The number of carbonyl (C=O) groups is 2. The van der Waals surface area contributed by atoms with Crippen LogP contribution in [0.3, 0.4) is 0 Å². The normalized spacial score (nSPS) is 49.6. The number of aryl methyl sites for hydroxylation is 1. The number of hydrogen-bond acceptors (Lipinski definition) is 16. The first-order valence-corrected chi connectivity index (χ1v) is 34.6. The molecule has 2 saturated heterocycles. The zero-order chi connectivity index (χ0) is 59.4. The highest BCUT2D eigenvalue weighted by Crippen LogP contribution is 2.77. The van der Waals surface area contributed by atoms with Crippen LogP contribution < -0.4 is 10.2 Å². The van der Waals surface area contributed by atoms with Crippen LogP contribution in [0.15, 0.2) is 42.0 Å². The van der Waals surface area contributed by atoms with E-state index in [-0.39, 0.29) is 85.8 Å². The Labute approximate surface area is 504 Å². The summed E-state index contributed by atoms with van der Waals surface area (Å²) in [7, 11) is 4.20. The first-order valence-electron chi connectivity index (χ1n) is 32.2. The fourth-order valence-corrected chi connectivity index (χ4v) is 25.1. The molecule has 8 fully saturated rings. The van der Waals surface area contributed by atoms with Gasteiger partial charge in [-0.05, 0) is 179 Å². The number of nitrogens with zero attached hydrogens (tertiary/aromatic N) is 1. The summed E-state index contributed by atoms with van der Waals surface area (Å²) in [5, 5.41) is 118. The van der Waals surface area contributed by atoms with Crippen molar-refractivity contribution >= 4 is 39.0 Å². The van der Waals surface area contributed by atoms with E-state index in [0.717, 1.165) is 49.3 Å². The second-order valence-corrected chi connectivity index (χ2v) is 32.5. The molecule has 84 heavy (non-hydrogen) atoms. The van der Waals surface area contributed by atoms with Gasteiger partial charge in [0.05, 0.1) is 41.3 Å². The van der Waals surface area contributed by atoms with Gasteiger partial charge in [0, 0.05) is 91.5 Å². The van der Waals surface area contributed by atoms with E-state index in [9.17, 15) is 46.0 Å². The maximum atomic E-state index is 16.7. The number of ketones is 1. The average molecular weight is 1200 g/mol.